The minimum atomic E-state index is -0.542. The number of benzene rings is 1. The maximum atomic E-state index is 12.7. The summed E-state index contributed by atoms with van der Waals surface area (Å²) in [6, 6.07) is 6.52. The Morgan fingerprint density at radius 3 is 2.62 bits per heavy atom. The van der Waals surface area contributed by atoms with E-state index in [1.165, 1.54) is 0 Å². The predicted octanol–water partition coefficient (Wildman–Crippen LogP) is 2.35. The number of urea groups is 1. The van der Waals surface area contributed by atoms with Crippen molar-refractivity contribution >= 4 is 23.4 Å². The molecule has 0 radical (unpaired) electrons. The molecule has 1 fully saturated rings. The van der Waals surface area contributed by atoms with Crippen LogP contribution in [0, 0.1) is 11.3 Å². The van der Waals surface area contributed by atoms with E-state index in [2.05, 4.69) is 21.3 Å². The number of Topliss-reactive ketones (excluding diaryl/α,β-unsaturated/α-hetero) is 1. The lowest BCUT2D eigenvalue weighted by atomic mass is 9.78. The van der Waals surface area contributed by atoms with Crippen LogP contribution in [0.4, 0.5) is 10.5 Å². The molecule has 0 spiro atoms. The number of anilines is 1. The largest absolute Gasteiger partial charge is 0.367 e. The van der Waals surface area contributed by atoms with Gasteiger partial charge in [0.05, 0.1) is 12.0 Å². The first-order valence-corrected chi connectivity index (χ1v) is 10.9. The van der Waals surface area contributed by atoms with Gasteiger partial charge in [0.25, 0.3) is 5.91 Å². The lowest BCUT2D eigenvalue weighted by molar-refractivity contribution is -0.130. The molecule has 1 aromatic rings. The molecule has 1 atom stereocenters. The number of nitrogens with zero attached hydrogens (tertiary/aromatic N) is 1. The Bertz CT molecular complexity index is 1000. The number of nitrogens with one attached hydrogen (secondary N) is 4. The topological polar surface area (TPSA) is 103 Å². The van der Waals surface area contributed by atoms with Crippen LogP contribution in [0.3, 0.4) is 0 Å². The summed E-state index contributed by atoms with van der Waals surface area (Å²) < 4.78 is 0. The molecular formula is C24H29N5O3. The number of allylic oxidation sites excluding steroid dienone is 1. The van der Waals surface area contributed by atoms with Crippen molar-refractivity contribution in [3.8, 4) is 0 Å². The summed E-state index contributed by atoms with van der Waals surface area (Å²) in [5.74, 6) is -0.127. The third kappa shape index (κ3) is 4.45. The van der Waals surface area contributed by atoms with Crippen molar-refractivity contribution in [2.45, 2.75) is 20.3 Å². The summed E-state index contributed by atoms with van der Waals surface area (Å²) in [7, 11) is 0. The van der Waals surface area contributed by atoms with Crippen LogP contribution in [-0.4, -0.2) is 48.8 Å². The number of ketones is 1. The highest BCUT2D eigenvalue weighted by atomic mass is 16.2. The van der Waals surface area contributed by atoms with E-state index in [0.29, 0.717) is 30.9 Å². The van der Waals surface area contributed by atoms with Crippen molar-refractivity contribution in [2.75, 3.05) is 31.5 Å². The van der Waals surface area contributed by atoms with Gasteiger partial charge < -0.3 is 21.3 Å². The lowest BCUT2D eigenvalue weighted by Crippen LogP contribution is -2.46. The van der Waals surface area contributed by atoms with Crippen molar-refractivity contribution in [3.05, 3.63) is 65.7 Å². The molecule has 32 heavy (non-hydrogen) atoms. The molecule has 168 valence electrons. The SMILES string of the molecule is CC(C)C(=O)[C@]1(CNC(=O)c2ccc(NC(=O)N3C=C4C=CNC=C4C3)cc2)CCNC1. The molecule has 3 heterocycles. The van der Waals surface area contributed by atoms with Gasteiger partial charge in [-0.25, -0.2) is 4.79 Å². The van der Waals surface area contributed by atoms with E-state index in [0.717, 1.165) is 24.1 Å². The molecule has 8 nitrogen and oxygen atoms in total. The van der Waals surface area contributed by atoms with Crippen molar-refractivity contribution in [2.24, 2.45) is 11.3 Å². The van der Waals surface area contributed by atoms with E-state index in [1.807, 2.05) is 38.5 Å². The lowest BCUT2D eigenvalue weighted by Gasteiger charge is -2.28. The Kier molecular flexibility index (Phi) is 6.14. The maximum absolute atomic E-state index is 12.7. The van der Waals surface area contributed by atoms with Gasteiger partial charge in [-0.15, -0.1) is 0 Å². The molecule has 0 bridgehead atoms. The van der Waals surface area contributed by atoms with Crippen LogP contribution < -0.4 is 21.3 Å². The number of fused-ring (bicyclic) bond motifs is 1. The van der Waals surface area contributed by atoms with Crippen molar-refractivity contribution < 1.29 is 14.4 Å². The average Bonchev–Trinajstić information content (AvgIpc) is 3.45. The molecule has 3 aliphatic heterocycles. The fourth-order valence-corrected chi connectivity index (χ4v) is 4.32. The van der Waals surface area contributed by atoms with E-state index >= 15 is 0 Å². The van der Waals surface area contributed by atoms with Gasteiger partial charge in [-0.3, -0.25) is 14.5 Å². The van der Waals surface area contributed by atoms with Gasteiger partial charge in [0.2, 0.25) is 0 Å². The summed E-state index contributed by atoms with van der Waals surface area (Å²) >= 11 is 0. The van der Waals surface area contributed by atoms with Crippen LogP contribution in [0.1, 0.15) is 30.6 Å². The molecule has 1 aromatic carbocycles. The minimum Gasteiger partial charge on any atom is -0.367 e. The first-order valence-electron chi connectivity index (χ1n) is 10.9. The van der Waals surface area contributed by atoms with Crippen molar-refractivity contribution in [1.82, 2.24) is 20.9 Å². The van der Waals surface area contributed by atoms with E-state index < -0.39 is 5.41 Å². The molecule has 1 saturated heterocycles. The van der Waals surface area contributed by atoms with Crippen LogP contribution in [-0.2, 0) is 4.79 Å². The van der Waals surface area contributed by atoms with Gasteiger partial charge in [-0.2, -0.15) is 0 Å². The monoisotopic (exact) mass is 435 g/mol. The molecule has 4 N–H and O–H groups in total. The highest BCUT2D eigenvalue weighted by Crippen LogP contribution is 2.29. The number of dihydropyridines is 1. The van der Waals surface area contributed by atoms with Crippen LogP contribution in [0.2, 0.25) is 0 Å². The molecule has 0 saturated carbocycles. The van der Waals surface area contributed by atoms with Gasteiger partial charge in [-0.05, 0) is 54.5 Å². The summed E-state index contributed by atoms with van der Waals surface area (Å²) in [5, 5.41) is 12.1. The molecule has 0 unspecified atom stereocenters. The van der Waals surface area contributed by atoms with Crippen LogP contribution in [0.15, 0.2) is 60.1 Å². The first-order chi connectivity index (χ1) is 15.4. The van der Waals surface area contributed by atoms with E-state index in [1.54, 1.807) is 29.2 Å². The molecular weight excluding hydrogens is 406 g/mol. The standard InChI is InChI=1S/C24H29N5O3/c1-16(2)21(30)24(8-10-26-14-24)15-27-22(31)17-3-5-20(6-4-17)28-23(32)29-12-18-7-9-25-11-19(18)13-29/h3-7,9,11-12,16,25-26H,8,10,13-15H2,1-2H3,(H,27,31)(H,28,32)/t24-/m1/s1. The Morgan fingerprint density at radius 2 is 1.97 bits per heavy atom. The molecule has 8 heteroatoms. The second-order valence-corrected chi connectivity index (χ2v) is 8.80. The van der Waals surface area contributed by atoms with Gasteiger partial charge in [-0.1, -0.05) is 13.8 Å². The molecule has 3 aliphatic rings. The quantitative estimate of drug-likeness (QED) is 0.549. The average molecular weight is 436 g/mol. The Hall–Kier alpha value is -3.39. The van der Waals surface area contributed by atoms with Gasteiger partial charge in [0.15, 0.2) is 0 Å². The number of hydrogen-bond donors (Lipinski definition) is 4. The van der Waals surface area contributed by atoms with Crippen molar-refractivity contribution in [3.63, 3.8) is 0 Å². The fourth-order valence-electron chi connectivity index (χ4n) is 4.32. The summed E-state index contributed by atoms with van der Waals surface area (Å²) in [5.41, 5.74) is 2.61. The number of amides is 3. The van der Waals surface area contributed by atoms with E-state index in [9.17, 15) is 14.4 Å². The highest BCUT2D eigenvalue weighted by Gasteiger charge is 2.42. The Balaban J connectivity index is 1.34. The molecule has 0 aliphatic carbocycles. The second-order valence-electron chi connectivity index (χ2n) is 8.80. The summed E-state index contributed by atoms with van der Waals surface area (Å²) in [6.45, 7) is 5.98. The third-order valence-electron chi connectivity index (χ3n) is 6.16. The summed E-state index contributed by atoms with van der Waals surface area (Å²) in [4.78, 5) is 39.5. The Morgan fingerprint density at radius 1 is 1.19 bits per heavy atom. The predicted molar refractivity (Wildman–Crippen MR) is 123 cm³/mol. The van der Waals surface area contributed by atoms with E-state index in [4.69, 9.17) is 0 Å². The molecule has 4 rings (SSSR count). The maximum Gasteiger partial charge on any atom is 0.326 e. The highest BCUT2D eigenvalue weighted by molar-refractivity contribution is 5.96. The van der Waals surface area contributed by atoms with Gasteiger partial charge >= 0.3 is 6.03 Å². The normalized spacial score (nSPS) is 21.5. The minimum absolute atomic E-state index is 0.0755. The molecule has 0 aromatic heterocycles. The Labute approximate surface area is 187 Å². The van der Waals surface area contributed by atoms with Gasteiger partial charge in [0.1, 0.15) is 5.78 Å². The van der Waals surface area contributed by atoms with E-state index in [-0.39, 0.29) is 23.6 Å². The fraction of sp³-hybridized carbons (Fsp3) is 0.375. The first kappa shape index (κ1) is 21.8. The number of hydrogen-bond acceptors (Lipinski definition) is 5. The smallest absolute Gasteiger partial charge is 0.326 e. The zero-order valence-corrected chi connectivity index (χ0v) is 18.4. The van der Waals surface area contributed by atoms with Crippen LogP contribution in [0.5, 0.6) is 0 Å². The number of carbonyl (C=O) groups is 3. The zero-order valence-electron chi connectivity index (χ0n) is 18.4. The number of rotatable bonds is 6. The van der Waals surface area contributed by atoms with Crippen molar-refractivity contribution in [1.29, 1.82) is 0 Å². The second kappa shape index (κ2) is 9.00. The van der Waals surface area contributed by atoms with Gasteiger partial charge in [0, 0.05) is 48.9 Å². The summed E-state index contributed by atoms with van der Waals surface area (Å²) in [6.07, 6.45) is 8.17. The number of carbonyl (C=O) groups excluding carboxylic acids is 3. The zero-order chi connectivity index (χ0) is 22.7. The van der Waals surface area contributed by atoms with Crippen LogP contribution >= 0.6 is 0 Å². The molecule has 3 amide bonds. The van der Waals surface area contributed by atoms with Crippen LogP contribution in [0.25, 0.3) is 0 Å². The third-order valence-corrected chi connectivity index (χ3v) is 6.16.